The van der Waals surface area contributed by atoms with Gasteiger partial charge in [-0.05, 0) is 81.9 Å². The highest BCUT2D eigenvalue weighted by molar-refractivity contribution is 5.88. The molecule has 44 heavy (non-hydrogen) atoms. The maximum atomic E-state index is 3.66. The molecule has 7 aromatic carbocycles. The van der Waals surface area contributed by atoms with Gasteiger partial charge in [-0.1, -0.05) is 133 Å². The van der Waals surface area contributed by atoms with Crippen molar-refractivity contribution in [2.24, 2.45) is 0 Å². The van der Waals surface area contributed by atoms with Crippen molar-refractivity contribution in [3.05, 3.63) is 182 Å². The lowest BCUT2D eigenvalue weighted by molar-refractivity contribution is 1.51. The van der Waals surface area contributed by atoms with E-state index >= 15 is 0 Å². The first-order valence-corrected chi connectivity index (χ1v) is 14.9. The van der Waals surface area contributed by atoms with Crippen LogP contribution in [0.5, 0.6) is 0 Å². The van der Waals surface area contributed by atoms with Gasteiger partial charge in [-0.15, -0.1) is 0 Å². The average Bonchev–Trinajstić information content (AvgIpc) is 3.10. The number of anilines is 4. The Bertz CT molecular complexity index is 1980. The van der Waals surface area contributed by atoms with Crippen LogP contribution in [0.4, 0.5) is 22.7 Å². The van der Waals surface area contributed by atoms with Crippen molar-refractivity contribution in [3.63, 3.8) is 0 Å². The molecule has 0 aliphatic carbocycles. The van der Waals surface area contributed by atoms with E-state index in [9.17, 15) is 0 Å². The summed E-state index contributed by atoms with van der Waals surface area (Å²) in [6.07, 6.45) is 0. The fraction of sp³-hybridized carbons (Fsp3) is 0. The van der Waals surface area contributed by atoms with Gasteiger partial charge < -0.3 is 10.6 Å². The van der Waals surface area contributed by atoms with E-state index in [0.29, 0.717) is 0 Å². The molecule has 0 aliphatic heterocycles. The molecule has 0 aromatic heterocycles. The average molecular weight is 565 g/mol. The maximum absolute atomic E-state index is 3.66. The summed E-state index contributed by atoms with van der Waals surface area (Å²) in [5.41, 5.74) is 13.7. The lowest BCUT2D eigenvalue weighted by atomic mass is 9.94. The van der Waals surface area contributed by atoms with Crippen LogP contribution in [0.25, 0.3) is 44.5 Å². The van der Waals surface area contributed by atoms with Crippen molar-refractivity contribution < 1.29 is 0 Å². The zero-order chi connectivity index (χ0) is 29.6. The molecule has 7 aromatic rings. The highest BCUT2D eigenvalue weighted by Crippen LogP contribution is 2.37. The van der Waals surface area contributed by atoms with Crippen molar-refractivity contribution in [1.82, 2.24) is 0 Å². The van der Waals surface area contributed by atoms with Crippen molar-refractivity contribution in [2.45, 2.75) is 0 Å². The monoisotopic (exact) mass is 564 g/mol. The van der Waals surface area contributed by atoms with Crippen LogP contribution in [0.1, 0.15) is 0 Å². The van der Waals surface area contributed by atoms with Gasteiger partial charge in [0.05, 0.1) is 0 Å². The second-order valence-corrected chi connectivity index (χ2v) is 10.8. The molecule has 0 heterocycles. The summed E-state index contributed by atoms with van der Waals surface area (Å²) in [4.78, 5) is 0. The first-order valence-electron chi connectivity index (χ1n) is 14.9. The Morgan fingerprint density at radius 3 is 1.45 bits per heavy atom. The molecular formula is C42H32N2. The van der Waals surface area contributed by atoms with E-state index in [1.165, 1.54) is 38.9 Å². The summed E-state index contributed by atoms with van der Waals surface area (Å²) in [6.45, 7) is 0. The van der Waals surface area contributed by atoms with Crippen molar-refractivity contribution in [2.75, 3.05) is 10.6 Å². The Labute approximate surface area is 259 Å². The van der Waals surface area contributed by atoms with Crippen LogP contribution in [0.15, 0.2) is 182 Å². The fourth-order valence-corrected chi connectivity index (χ4v) is 5.61. The smallest absolute Gasteiger partial charge is 0.0464 e. The van der Waals surface area contributed by atoms with Gasteiger partial charge in [-0.3, -0.25) is 0 Å². The van der Waals surface area contributed by atoms with Crippen molar-refractivity contribution in [1.29, 1.82) is 0 Å². The molecule has 0 fully saturated rings. The van der Waals surface area contributed by atoms with Crippen LogP contribution in [-0.4, -0.2) is 0 Å². The van der Waals surface area contributed by atoms with Crippen LogP contribution >= 0.6 is 0 Å². The number of hydrogen-bond donors (Lipinski definition) is 2. The largest absolute Gasteiger partial charge is 0.355 e. The molecule has 2 nitrogen and oxygen atoms in total. The molecular weight excluding hydrogens is 532 g/mol. The van der Waals surface area contributed by atoms with E-state index < -0.39 is 0 Å². The summed E-state index contributed by atoms with van der Waals surface area (Å²) in [7, 11) is 0. The minimum atomic E-state index is 1.06. The van der Waals surface area contributed by atoms with E-state index in [0.717, 1.165) is 28.3 Å². The standard InChI is InChI=1S/C42H32N2/c1-4-13-31(14-5-1)32-23-26-38(27-24-32)44-41-22-11-10-21-39(41)36-18-12-17-34(29-36)35-25-28-42(43-37-19-8-3-9-20-37)40(30-35)33-15-6-2-7-16-33/h1-30,43-44H. The molecule has 2 N–H and O–H groups in total. The highest BCUT2D eigenvalue weighted by Gasteiger charge is 2.11. The summed E-state index contributed by atoms with van der Waals surface area (Å²) in [5.74, 6) is 0. The number of hydrogen-bond acceptors (Lipinski definition) is 2. The number of nitrogens with one attached hydrogen (secondary N) is 2. The molecule has 0 saturated heterocycles. The van der Waals surface area contributed by atoms with Gasteiger partial charge in [-0.25, -0.2) is 0 Å². The molecule has 210 valence electrons. The van der Waals surface area contributed by atoms with Gasteiger partial charge in [0.15, 0.2) is 0 Å². The molecule has 0 atom stereocenters. The summed E-state index contributed by atoms with van der Waals surface area (Å²) < 4.78 is 0. The Kier molecular flexibility index (Phi) is 7.71. The molecule has 0 saturated carbocycles. The highest BCUT2D eigenvalue weighted by atomic mass is 14.9. The summed E-state index contributed by atoms with van der Waals surface area (Å²) in [6, 6.07) is 64.0. The zero-order valence-electron chi connectivity index (χ0n) is 24.3. The second kappa shape index (κ2) is 12.6. The van der Waals surface area contributed by atoms with E-state index in [2.05, 4.69) is 180 Å². The molecule has 0 bridgehead atoms. The number of benzene rings is 7. The van der Waals surface area contributed by atoms with E-state index in [1.54, 1.807) is 0 Å². The van der Waals surface area contributed by atoms with Crippen LogP contribution < -0.4 is 10.6 Å². The third-order valence-electron chi connectivity index (χ3n) is 7.86. The van der Waals surface area contributed by atoms with Gasteiger partial charge in [0.25, 0.3) is 0 Å². The molecule has 0 spiro atoms. The SMILES string of the molecule is c1ccc(Nc2ccc(-c3cccc(-c4ccccc4Nc4ccc(-c5ccccc5)cc4)c3)cc2-c2ccccc2)cc1. The predicted molar refractivity (Wildman–Crippen MR) is 188 cm³/mol. The quantitative estimate of drug-likeness (QED) is 0.192. The topological polar surface area (TPSA) is 24.1 Å². The minimum absolute atomic E-state index is 1.06. The van der Waals surface area contributed by atoms with Gasteiger partial charge in [0.2, 0.25) is 0 Å². The van der Waals surface area contributed by atoms with Gasteiger partial charge >= 0.3 is 0 Å². The van der Waals surface area contributed by atoms with E-state index in [-0.39, 0.29) is 0 Å². The zero-order valence-corrected chi connectivity index (χ0v) is 24.3. The molecule has 0 unspecified atom stereocenters. The number of rotatable bonds is 8. The molecule has 2 heteroatoms. The minimum Gasteiger partial charge on any atom is -0.355 e. The van der Waals surface area contributed by atoms with Gasteiger partial charge in [0.1, 0.15) is 0 Å². The lowest BCUT2D eigenvalue weighted by Crippen LogP contribution is -1.95. The first-order chi connectivity index (χ1) is 21.8. The van der Waals surface area contributed by atoms with Gasteiger partial charge in [0, 0.05) is 33.9 Å². The third-order valence-corrected chi connectivity index (χ3v) is 7.86. The maximum Gasteiger partial charge on any atom is 0.0464 e. The van der Waals surface area contributed by atoms with Crippen LogP contribution in [0.2, 0.25) is 0 Å². The lowest BCUT2D eigenvalue weighted by Gasteiger charge is -2.16. The molecule has 0 aliphatic rings. The first kappa shape index (κ1) is 27.0. The fourth-order valence-electron chi connectivity index (χ4n) is 5.61. The third kappa shape index (κ3) is 6.01. The van der Waals surface area contributed by atoms with E-state index in [1.807, 2.05) is 12.1 Å². The van der Waals surface area contributed by atoms with E-state index in [4.69, 9.17) is 0 Å². The Balaban J connectivity index is 1.20. The van der Waals surface area contributed by atoms with Crippen molar-refractivity contribution in [3.8, 4) is 44.5 Å². The van der Waals surface area contributed by atoms with Crippen LogP contribution in [0, 0.1) is 0 Å². The molecule has 0 amide bonds. The second-order valence-electron chi connectivity index (χ2n) is 10.8. The normalized spacial score (nSPS) is 10.7. The number of para-hydroxylation sites is 2. The summed E-state index contributed by atoms with van der Waals surface area (Å²) in [5, 5.41) is 7.28. The Morgan fingerprint density at radius 2 is 0.727 bits per heavy atom. The molecule has 0 radical (unpaired) electrons. The predicted octanol–water partition coefficient (Wildman–Crippen LogP) is 11.8. The Morgan fingerprint density at radius 1 is 0.250 bits per heavy atom. The van der Waals surface area contributed by atoms with Crippen LogP contribution in [0.3, 0.4) is 0 Å². The van der Waals surface area contributed by atoms with Crippen LogP contribution in [-0.2, 0) is 0 Å². The van der Waals surface area contributed by atoms with Gasteiger partial charge in [-0.2, -0.15) is 0 Å². The van der Waals surface area contributed by atoms with Crippen molar-refractivity contribution >= 4 is 22.7 Å². The Hall–Kier alpha value is -5.86. The summed E-state index contributed by atoms with van der Waals surface area (Å²) >= 11 is 0. The molecule has 7 rings (SSSR count).